The van der Waals surface area contributed by atoms with E-state index in [9.17, 15) is 4.79 Å². The van der Waals surface area contributed by atoms with Gasteiger partial charge in [0.05, 0.1) is 11.3 Å². The zero-order chi connectivity index (χ0) is 23.3. The van der Waals surface area contributed by atoms with E-state index in [4.69, 9.17) is 5.73 Å². The van der Waals surface area contributed by atoms with Crippen molar-refractivity contribution in [2.24, 2.45) is 5.73 Å². The molecule has 5 nitrogen and oxygen atoms in total. The highest BCUT2D eigenvalue weighted by molar-refractivity contribution is 5.94. The average molecular weight is 560 g/mol. The van der Waals surface area contributed by atoms with E-state index in [1.54, 1.807) is 12.4 Å². The highest BCUT2D eigenvalue weighted by Crippen LogP contribution is 2.29. The second-order valence-corrected chi connectivity index (χ2v) is 9.01. The third-order valence-corrected chi connectivity index (χ3v) is 6.74. The Morgan fingerprint density at radius 2 is 1.62 bits per heavy atom. The van der Waals surface area contributed by atoms with Gasteiger partial charge in [-0.3, -0.25) is 9.78 Å². The zero-order valence-electron chi connectivity index (χ0n) is 20.5. The quantitative estimate of drug-likeness (QED) is 0.279. The molecule has 0 atom stereocenters. The van der Waals surface area contributed by atoms with Gasteiger partial charge in [-0.05, 0) is 58.4 Å². The number of fused-ring (bicyclic) bond motifs is 1. The first-order valence-corrected chi connectivity index (χ1v) is 11.9. The molecule has 1 amide bonds. The monoisotopic (exact) mass is 558 g/mol. The van der Waals surface area contributed by atoms with Gasteiger partial charge in [0.2, 0.25) is 0 Å². The van der Waals surface area contributed by atoms with Crippen LogP contribution < -0.4 is 11.1 Å². The number of rotatable bonds is 6. The van der Waals surface area contributed by atoms with Crippen LogP contribution in [0.3, 0.4) is 0 Å². The summed E-state index contributed by atoms with van der Waals surface area (Å²) in [6.45, 7) is 2.75. The van der Waals surface area contributed by atoms with E-state index in [0.29, 0.717) is 24.6 Å². The van der Waals surface area contributed by atoms with Crippen LogP contribution in [0.15, 0.2) is 85.2 Å². The summed E-state index contributed by atoms with van der Waals surface area (Å²) in [6.07, 6.45) is 5.37. The second-order valence-electron chi connectivity index (χ2n) is 9.01. The van der Waals surface area contributed by atoms with Crippen LogP contribution in [0.1, 0.15) is 45.8 Å². The van der Waals surface area contributed by atoms with Crippen molar-refractivity contribution in [3.05, 3.63) is 107 Å². The molecule has 196 valence electrons. The standard InChI is InChI=1S/C29H30N4O.3ClH/c30-17-21-4-3-7-26(14-21)24-10-12-33(13-11-24)29(34)27-16-28(20-31-19-27)32-18-22-8-9-23-5-1-2-6-25(23)15-22;;;/h1-9,14-16,19-20,24,32H,10-13,17-18,30H2;3*1H. The van der Waals surface area contributed by atoms with Crippen molar-refractivity contribution in [1.29, 1.82) is 0 Å². The minimum Gasteiger partial charge on any atom is -0.380 e. The van der Waals surface area contributed by atoms with Gasteiger partial charge in [-0.15, -0.1) is 37.2 Å². The molecule has 1 fully saturated rings. The third kappa shape index (κ3) is 7.36. The molecule has 2 heterocycles. The molecule has 4 aromatic rings. The normalized spacial score (nSPS) is 13.2. The van der Waals surface area contributed by atoms with Crippen LogP contribution in [-0.2, 0) is 13.1 Å². The Morgan fingerprint density at radius 3 is 2.38 bits per heavy atom. The van der Waals surface area contributed by atoms with Gasteiger partial charge in [0, 0.05) is 38.6 Å². The van der Waals surface area contributed by atoms with E-state index >= 15 is 0 Å². The van der Waals surface area contributed by atoms with Gasteiger partial charge >= 0.3 is 0 Å². The molecule has 1 aliphatic rings. The van der Waals surface area contributed by atoms with Crippen LogP contribution in [0.4, 0.5) is 5.69 Å². The third-order valence-electron chi connectivity index (χ3n) is 6.74. The molecule has 0 radical (unpaired) electrons. The van der Waals surface area contributed by atoms with Crippen molar-refractivity contribution in [1.82, 2.24) is 9.88 Å². The number of hydrogen-bond donors (Lipinski definition) is 2. The number of nitrogens with two attached hydrogens (primary N) is 1. The molecular formula is C29H33Cl3N4O. The number of amides is 1. The van der Waals surface area contributed by atoms with Crippen LogP contribution in [-0.4, -0.2) is 28.9 Å². The van der Waals surface area contributed by atoms with Gasteiger partial charge in [0.1, 0.15) is 0 Å². The number of carbonyl (C=O) groups excluding carboxylic acids is 1. The van der Waals surface area contributed by atoms with Crippen LogP contribution in [0.2, 0.25) is 0 Å². The van der Waals surface area contributed by atoms with E-state index in [0.717, 1.165) is 37.2 Å². The van der Waals surface area contributed by atoms with Crippen LogP contribution in [0.25, 0.3) is 10.8 Å². The first-order chi connectivity index (χ1) is 16.7. The fraction of sp³-hybridized carbons (Fsp3) is 0.241. The Hall–Kier alpha value is -2.83. The lowest BCUT2D eigenvalue weighted by molar-refractivity contribution is 0.0712. The molecule has 1 aliphatic heterocycles. The first kappa shape index (κ1) is 30.4. The van der Waals surface area contributed by atoms with E-state index in [1.807, 2.05) is 11.0 Å². The van der Waals surface area contributed by atoms with E-state index in [2.05, 4.69) is 77.0 Å². The molecule has 0 saturated carbocycles. The second kappa shape index (κ2) is 14.2. The Bertz CT molecular complexity index is 1310. The number of likely N-dealkylation sites (tertiary alicyclic amines) is 1. The summed E-state index contributed by atoms with van der Waals surface area (Å²) in [5.41, 5.74) is 11.0. The summed E-state index contributed by atoms with van der Waals surface area (Å²) < 4.78 is 0. The summed E-state index contributed by atoms with van der Waals surface area (Å²) in [4.78, 5) is 19.4. The number of benzene rings is 3. The van der Waals surface area contributed by atoms with Crippen molar-refractivity contribution in [3.8, 4) is 0 Å². The number of nitrogens with one attached hydrogen (secondary N) is 1. The fourth-order valence-corrected chi connectivity index (χ4v) is 4.78. The van der Waals surface area contributed by atoms with Crippen molar-refractivity contribution in [2.45, 2.75) is 31.8 Å². The number of piperidine rings is 1. The molecule has 0 spiro atoms. The van der Waals surface area contributed by atoms with Gasteiger partial charge in [0.25, 0.3) is 5.91 Å². The Kier molecular flexibility index (Phi) is 11.7. The predicted molar refractivity (Wildman–Crippen MR) is 159 cm³/mol. The number of halogens is 3. The first-order valence-electron chi connectivity index (χ1n) is 11.9. The molecule has 5 rings (SSSR count). The largest absolute Gasteiger partial charge is 0.380 e. The molecule has 1 aromatic heterocycles. The molecule has 8 heteroatoms. The molecular weight excluding hydrogens is 527 g/mol. The maximum Gasteiger partial charge on any atom is 0.255 e. The lowest BCUT2D eigenvalue weighted by atomic mass is 9.88. The highest BCUT2D eigenvalue weighted by atomic mass is 35.5. The summed E-state index contributed by atoms with van der Waals surface area (Å²) in [5, 5.41) is 5.88. The van der Waals surface area contributed by atoms with E-state index in [-0.39, 0.29) is 43.1 Å². The van der Waals surface area contributed by atoms with Crippen molar-refractivity contribution < 1.29 is 4.79 Å². The Balaban J connectivity index is 0.00000160. The molecule has 3 N–H and O–H groups in total. The molecule has 0 unspecified atom stereocenters. The van der Waals surface area contributed by atoms with Crippen molar-refractivity contribution in [2.75, 3.05) is 18.4 Å². The number of anilines is 1. The molecule has 37 heavy (non-hydrogen) atoms. The number of aromatic nitrogens is 1. The lowest BCUT2D eigenvalue weighted by Gasteiger charge is -2.32. The Labute approximate surface area is 237 Å². The number of hydrogen-bond acceptors (Lipinski definition) is 4. The smallest absolute Gasteiger partial charge is 0.255 e. The van der Waals surface area contributed by atoms with Crippen molar-refractivity contribution >= 4 is 59.6 Å². The number of carbonyl (C=O) groups is 1. The SMILES string of the molecule is Cl.Cl.Cl.NCc1cccc(C2CCN(C(=O)c3cncc(NCc4ccc5ccccc5c4)c3)CC2)c1. The lowest BCUT2D eigenvalue weighted by Crippen LogP contribution is -2.38. The predicted octanol–water partition coefficient (Wildman–Crippen LogP) is 6.59. The van der Waals surface area contributed by atoms with Gasteiger partial charge in [-0.25, -0.2) is 0 Å². The van der Waals surface area contributed by atoms with Gasteiger partial charge < -0.3 is 16.0 Å². The van der Waals surface area contributed by atoms with E-state index in [1.165, 1.54) is 21.9 Å². The summed E-state index contributed by atoms with van der Waals surface area (Å²) in [5.74, 6) is 0.527. The maximum atomic E-state index is 13.2. The topological polar surface area (TPSA) is 71.2 Å². The fourth-order valence-electron chi connectivity index (χ4n) is 4.78. The van der Waals surface area contributed by atoms with Crippen molar-refractivity contribution in [3.63, 3.8) is 0 Å². The summed E-state index contributed by atoms with van der Waals surface area (Å²) in [7, 11) is 0. The number of pyridine rings is 1. The maximum absolute atomic E-state index is 13.2. The minimum atomic E-state index is 0. The zero-order valence-corrected chi connectivity index (χ0v) is 23.0. The molecule has 0 bridgehead atoms. The molecule has 0 aliphatic carbocycles. The van der Waals surface area contributed by atoms with Gasteiger partial charge in [-0.1, -0.05) is 60.7 Å². The van der Waals surface area contributed by atoms with Crippen LogP contribution in [0, 0.1) is 0 Å². The minimum absolute atomic E-state index is 0. The Morgan fingerprint density at radius 1 is 0.865 bits per heavy atom. The summed E-state index contributed by atoms with van der Waals surface area (Å²) in [6, 6.07) is 25.2. The van der Waals surface area contributed by atoms with Gasteiger partial charge in [-0.2, -0.15) is 0 Å². The van der Waals surface area contributed by atoms with Crippen LogP contribution in [0.5, 0.6) is 0 Å². The number of nitrogens with zero attached hydrogens (tertiary/aromatic N) is 2. The van der Waals surface area contributed by atoms with Gasteiger partial charge in [0.15, 0.2) is 0 Å². The van der Waals surface area contributed by atoms with Crippen LogP contribution >= 0.6 is 37.2 Å². The highest BCUT2D eigenvalue weighted by Gasteiger charge is 2.25. The summed E-state index contributed by atoms with van der Waals surface area (Å²) >= 11 is 0. The van der Waals surface area contributed by atoms with E-state index < -0.39 is 0 Å². The molecule has 1 saturated heterocycles. The average Bonchev–Trinajstić information content (AvgIpc) is 2.91. The molecule has 3 aromatic carbocycles.